The van der Waals surface area contributed by atoms with Crippen LogP contribution in [0.25, 0.3) is 21.8 Å². The van der Waals surface area contributed by atoms with Crippen LogP contribution >= 0.6 is 23.2 Å². The monoisotopic (exact) mass is 656 g/mol. The summed E-state index contributed by atoms with van der Waals surface area (Å²) in [6.07, 6.45) is 0. The van der Waals surface area contributed by atoms with Gasteiger partial charge in [0, 0.05) is 20.9 Å². The maximum atomic E-state index is 12.2. The summed E-state index contributed by atoms with van der Waals surface area (Å²) in [5, 5.41) is 38.9. The molecule has 13 heteroatoms. The summed E-state index contributed by atoms with van der Waals surface area (Å²) in [6.45, 7) is 0. The van der Waals surface area contributed by atoms with Crippen molar-refractivity contribution in [3.8, 4) is 11.5 Å². The summed E-state index contributed by atoms with van der Waals surface area (Å²) in [5.74, 6) is -0.570. The molecule has 0 aliphatic carbocycles. The number of hydrogen-bond donors (Lipinski definition) is 4. The van der Waals surface area contributed by atoms with Crippen molar-refractivity contribution in [3.05, 3.63) is 128 Å². The van der Waals surface area contributed by atoms with Gasteiger partial charge in [0.15, 0.2) is 0 Å². The number of para-hydroxylation sites is 2. The number of nitrogens with one attached hydrogen (secondary N) is 3. The van der Waals surface area contributed by atoms with Crippen molar-refractivity contribution in [2.24, 2.45) is 15.3 Å². The number of aromatic nitrogens is 2. The van der Waals surface area contributed by atoms with Crippen LogP contribution in [0.1, 0.15) is 0 Å². The van der Waals surface area contributed by atoms with E-state index in [9.17, 15) is 19.8 Å². The van der Waals surface area contributed by atoms with E-state index in [1.165, 1.54) is 0 Å². The number of nitrogens with zero attached hydrogens (tertiary/aromatic N) is 3. The van der Waals surface area contributed by atoms with Crippen molar-refractivity contribution < 1.29 is 31.8 Å². The quantitative estimate of drug-likeness (QED) is 0.134. The fourth-order valence-electron chi connectivity index (χ4n) is 3.87. The molecule has 0 bridgehead atoms. The molecule has 4 aromatic carbocycles. The van der Waals surface area contributed by atoms with Gasteiger partial charge in [-0.15, -0.1) is 5.11 Å². The van der Waals surface area contributed by atoms with E-state index in [2.05, 4.69) is 30.4 Å². The van der Waals surface area contributed by atoms with Gasteiger partial charge < -0.3 is 20.2 Å². The molecule has 0 radical (unpaired) electrons. The Hall–Kier alpha value is -4.83. The van der Waals surface area contributed by atoms with Crippen LogP contribution < -0.4 is 21.3 Å². The first-order valence-electron chi connectivity index (χ1n) is 12.4. The van der Waals surface area contributed by atoms with E-state index in [-0.39, 0.29) is 33.6 Å². The Labute approximate surface area is 263 Å². The number of benzene rings is 4. The number of aromatic hydroxyl groups is 1. The van der Waals surface area contributed by atoms with Crippen molar-refractivity contribution in [1.29, 1.82) is 0 Å². The summed E-state index contributed by atoms with van der Waals surface area (Å²) in [6, 6.07) is 27.1. The molecule has 2 heterocycles. The summed E-state index contributed by atoms with van der Waals surface area (Å²) in [4.78, 5) is 29.2. The van der Waals surface area contributed by atoms with E-state index in [0.29, 0.717) is 43.2 Å². The predicted octanol–water partition coefficient (Wildman–Crippen LogP) is 6.05. The number of rotatable bonds is 4. The minimum Gasteiger partial charge on any atom is -0.870 e. The summed E-state index contributed by atoms with van der Waals surface area (Å²) in [7, 11) is 0. The molecule has 216 valence electrons. The van der Waals surface area contributed by atoms with Crippen LogP contribution in [-0.2, 0) is 16.5 Å². The number of halogens is 2. The molecule has 0 saturated carbocycles. The van der Waals surface area contributed by atoms with Gasteiger partial charge in [0.2, 0.25) is 5.75 Å². The number of aromatic amines is 2. The van der Waals surface area contributed by atoms with Crippen LogP contribution in [0.2, 0.25) is 10.0 Å². The van der Waals surface area contributed by atoms with Gasteiger partial charge >= 0.3 is 27.7 Å². The SMILES string of the molecule is O=c1[nH]c2ccccc2c(O)c1[NH+]=Nc1ccc(Cl)cc1.O=c1[nH]c2ccccc2c([O-])c1N=Nc1ccc(Cl)cc1.[Ni+2]. The van der Waals surface area contributed by atoms with Crippen molar-refractivity contribution in [1.82, 2.24) is 9.97 Å². The normalized spacial score (nSPS) is 11.0. The minimum atomic E-state index is -0.559. The maximum Gasteiger partial charge on any atom is 2.00 e. The molecule has 0 atom stereocenters. The number of azo groups is 2. The van der Waals surface area contributed by atoms with Crippen molar-refractivity contribution >= 4 is 67.8 Å². The molecule has 6 aromatic rings. The molecule has 2 aromatic heterocycles. The third kappa shape index (κ3) is 7.34. The van der Waals surface area contributed by atoms with Crippen LogP contribution in [-0.4, -0.2) is 15.1 Å². The molecular weight excluding hydrogens is 638 g/mol. The van der Waals surface area contributed by atoms with Crippen molar-refractivity contribution in [2.75, 3.05) is 0 Å². The molecular formula is C30H20Cl2N6NiO4+2. The Balaban J connectivity index is 0.000000192. The Morgan fingerprint density at radius 1 is 0.674 bits per heavy atom. The van der Waals surface area contributed by atoms with Gasteiger partial charge in [-0.05, 0) is 77.2 Å². The molecule has 0 amide bonds. The summed E-state index contributed by atoms with van der Waals surface area (Å²) >= 11 is 11.6. The van der Waals surface area contributed by atoms with Gasteiger partial charge in [0.1, 0.15) is 11.4 Å². The number of hydrogen-bond acceptors (Lipinski definition) is 7. The summed E-state index contributed by atoms with van der Waals surface area (Å²) < 4.78 is 0. The molecule has 6 rings (SSSR count). The largest absolute Gasteiger partial charge is 2.00 e. The molecule has 0 fully saturated rings. The number of fused-ring (bicyclic) bond motifs is 2. The average molecular weight is 658 g/mol. The third-order valence-corrected chi connectivity index (χ3v) is 6.46. The van der Waals surface area contributed by atoms with Crippen molar-refractivity contribution in [2.45, 2.75) is 0 Å². The molecule has 0 spiro atoms. The third-order valence-electron chi connectivity index (χ3n) is 5.96. The maximum absolute atomic E-state index is 12.2. The van der Waals surface area contributed by atoms with Gasteiger partial charge in [-0.3, -0.25) is 9.59 Å². The molecule has 0 unspecified atom stereocenters. The predicted molar refractivity (Wildman–Crippen MR) is 160 cm³/mol. The van der Waals surface area contributed by atoms with E-state index in [1.54, 1.807) is 97.1 Å². The first-order chi connectivity index (χ1) is 20.3. The molecule has 10 nitrogen and oxygen atoms in total. The number of pyridine rings is 2. The first-order valence-corrected chi connectivity index (χ1v) is 13.1. The molecule has 4 N–H and O–H groups in total. The van der Waals surface area contributed by atoms with Gasteiger partial charge in [0.05, 0.1) is 11.2 Å². The second kappa shape index (κ2) is 13.9. The van der Waals surface area contributed by atoms with E-state index in [4.69, 9.17) is 23.2 Å². The Morgan fingerprint density at radius 3 is 1.81 bits per heavy atom. The zero-order valence-electron chi connectivity index (χ0n) is 21.8. The van der Waals surface area contributed by atoms with E-state index >= 15 is 0 Å². The van der Waals surface area contributed by atoms with Gasteiger partial charge in [-0.2, -0.15) is 5.11 Å². The van der Waals surface area contributed by atoms with Gasteiger partial charge in [-0.1, -0.05) is 64.4 Å². The van der Waals surface area contributed by atoms with Gasteiger partial charge in [0.25, 0.3) is 5.56 Å². The fourth-order valence-corrected chi connectivity index (χ4v) is 4.13. The molecule has 43 heavy (non-hydrogen) atoms. The van der Waals surface area contributed by atoms with Crippen LogP contribution in [0.15, 0.2) is 122 Å². The van der Waals surface area contributed by atoms with Crippen LogP contribution in [0.3, 0.4) is 0 Å². The van der Waals surface area contributed by atoms with Crippen LogP contribution in [0, 0.1) is 0 Å². The topological polar surface area (TPSA) is 160 Å². The Kier molecular flexibility index (Phi) is 10.1. The van der Waals surface area contributed by atoms with Crippen LogP contribution in [0.5, 0.6) is 11.5 Å². The zero-order valence-corrected chi connectivity index (χ0v) is 24.3. The zero-order chi connectivity index (χ0) is 29.6. The minimum absolute atomic E-state index is 0. The number of H-pyrrole nitrogens is 2. The molecule has 0 aliphatic heterocycles. The van der Waals surface area contributed by atoms with E-state index < -0.39 is 16.9 Å². The second-order valence-corrected chi connectivity index (χ2v) is 9.65. The van der Waals surface area contributed by atoms with E-state index in [0.717, 1.165) is 0 Å². The molecule has 0 aliphatic rings. The van der Waals surface area contributed by atoms with Gasteiger partial charge in [-0.25, -0.2) is 0 Å². The second-order valence-electron chi connectivity index (χ2n) is 8.78. The molecule has 0 saturated heterocycles. The standard InChI is InChI=1S/2C15H10ClN3O2.Ni/c2*16-9-5-7-10(8-6-9)18-19-13-14(20)11-3-1-2-4-12(11)17-15(13)21;/h2*1-8H,(H2,17,20,21);/q;;+2. The summed E-state index contributed by atoms with van der Waals surface area (Å²) in [5.41, 5.74) is 0.917. The first kappa shape index (κ1) is 31.1. The Morgan fingerprint density at radius 2 is 1.19 bits per heavy atom. The Bertz CT molecular complexity index is 1930. The van der Waals surface area contributed by atoms with Crippen molar-refractivity contribution in [3.63, 3.8) is 0 Å². The van der Waals surface area contributed by atoms with Crippen LogP contribution in [0.4, 0.5) is 22.7 Å². The smallest absolute Gasteiger partial charge is 0.870 e. The average Bonchev–Trinajstić information content (AvgIpc) is 2.99. The van der Waals surface area contributed by atoms with E-state index in [1.807, 2.05) is 0 Å². The fraction of sp³-hybridized carbons (Fsp3) is 0.